The fourth-order valence-electron chi connectivity index (χ4n) is 2.52. The van der Waals surface area contributed by atoms with Crippen LogP contribution in [-0.4, -0.2) is 47.7 Å². The Bertz CT molecular complexity index is 477. The Morgan fingerprint density at radius 2 is 2.23 bits per heavy atom. The molecule has 0 amide bonds. The van der Waals surface area contributed by atoms with Crippen molar-refractivity contribution in [3.05, 3.63) is 15.6 Å². The van der Waals surface area contributed by atoms with E-state index in [1.807, 2.05) is 25.3 Å². The molecule has 0 spiro atoms. The maximum absolute atomic E-state index is 9.13. The number of nitrogens with one attached hydrogen (secondary N) is 1. The smallest absolute Gasteiger partial charge is 0.194 e. The van der Waals surface area contributed by atoms with Gasteiger partial charge in [-0.15, -0.1) is 11.3 Å². The second kappa shape index (κ2) is 8.48. The summed E-state index contributed by atoms with van der Waals surface area (Å²) < 4.78 is 0. The van der Waals surface area contributed by atoms with Gasteiger partial charge >= 0.3 is 0 Å². The third kappa shape index (κ3) is 4.68. The summed E-state index contributed by atoms with van der Waals surface area (Å²) >= 11 is 1.85. The number of fused-ring (bicyclic) bond motifs is 1. The molecule has 1 aromatic rings. The van der Waals surface area contributed by atoms with Crippen molar-refractivity contribution in [3.63, 3.8) is 0 Å². The van der Waals surface area contributed by atoms with Crippen LogP contribution < -0.4 is 5.32 Å². The molecule has 1 heterocycles. The van der Waals surface area contributed by atoms with Gasteiger partial charge in [-0.2, -0.15) is 0 Å². The van der Waals surface area contributed by atoms with Crippen molar-refractivity contribution in [2.45, 2.75) is 46.1 Å². The lowest BCUT2D eigenvalue weighted by atomic mass is 10.0. The summed E-state index contributed by atoms with van der Waals surface area (Å²) in [6.07, 6.45) is 4.90. The molecule has 0 saturated carbocycles. The molecule has 2 N–H and O–H groups in total. The molecular formula is C16H28N4OS. The number of nitrogens with zero attached hydrogens (tertiary/aromatic N) is 3. The molecule has 0 aliphatic heterocycles. The number of aliphatic hydroxyl groups is 1. The molecule has 5 nitrogen and oxygen atoms in total. The van der Waals surface area contributed by atoms with Gasteiger partial charge in [0.25, 0.3) is 0 Å². The average molecular weight is 324 g/mol. The summed E-state index contributed by atoms with van der Waals surface area (Å²) in [4.78, 5) is 13.0. The van der Waals surface area contributed by atoms with E-state index in [-0.39, 0.29) is 12.5 Å². The SMILES string of the molecule is CCNC(=NCC(C)CO)N(C)Cc1nc2c(s1)CCCC2. The Morgan fingerprint density at radius 1 is 1.45 bits per heavy atom. The van der Waals surface area contributed by atoms with Crippen LogP contribution in [0, 0.1) is 5.92 Å². The van der Waals surface area contributed by atoms with Crippen LogP contribution in [-0.2, 0) is 19.4 Å². The van der Waals surface area contributed by atoms with E-state index in [9.17, 15) is 0 Å². The molecule has 1 aliphatic rings. The van der Waals surface area contributed by atoms with E-state index in [1.54, 1.807) is 0 Å². The predicted octanol–water partition coefficient (Wildman–Crippen LogP) is 2.05. The van der Waals surface area contributed by atoms with Crippen LogP contribution in [0.4, 0.5) is 0 Å². The highest BCUT2D eigenvalue weighted by Crippen LogP contribution is 2.27. The van der Waals surface area contributed by atoms with Gasteiger partial charge in [0.1, 0.15) is 5.01 Å². The summed E-state index contributed by atoms with van der Waals surface area (Å²) in [5.41, 5.74) is 1.32. The van der Waals surface area contributed by atoms with Gasteiger partial charge in [0.2, 0.25) is 0 Å². The minimum Gasteiger partial charge on any atom is -0.396 e. The maximum atomic E-state index is 9.13. The first kappa shape index (κ1) is 17.2. The van der Waals surface area contributed by atoms with Crippen molar-refractivity contribution in [3.8, 4) is 0 Å². The van der Waals surface area contributed by atoms with Crippen LogP contribution >= 0.6 is 11.3 Å². The molecule has 0 radical (unpaired) electrons. The molecule has 0 saturated heterocycles. The van der Waals surface area contributed by atoms with E-state index < -0.39 is 0 Å². The fourth-order valence-corrected chi connectivity index (χ4v) is 3.73. The minimum absolute atomic E-state index is 0.172. The van der Waals surface area contributed by atoms with Crippen LogP contribution in [0.1, 0.15) is 42.3 Å². The van der Waals surface area contributed by atoms with Gasteiger partial charge < -0.3 is 15.3 Å². The molecule has 22 heavy (non-hydrogen) atoms. The van der Waals surface area contributed by atoms with Gasteiger partial charge in [-0.1, -0.05) is 6.92 Å². The van der Waals surface area contributed by atoms with Crippen LogP contribution in [0.2, 0.25) is 0 Å². The molecule has 6 heteroatoms. The quantitative estimate of drug-likeness (QED) is 0.621. The van der Waals surface area contributed by atoms with Crippen molar-refractivity contribution in [2.75, 3.05) is 26.7 Å². The van der Waals surface area contributed by atoms with Gasteiger partial charge in [0, 0.05) is 31.6 Å². The monoisotopic (exact) mass is 324 g/mol. The van der Waals surface area contributed by atoms with Crippen LogP contribution in [0.5, 0.6) is 0 Å². The molecule has 0 aromatic carbocycles. The van der Waals surface area contributed by atoms with Gasteiger partial charge in [-0.3, -0.25) is 4.99 Å². The molecule has 2 rings (SSSR count). The first-order chi connectivity index (χ1) is 10.6. The summed E-state index contributed by atoms with van der Waals surface area (Å²) in [5, 5.41) is 13.6. The summed E-state index contributed by atoms with van der Waals surface area (Å²) in [5.74, 6) is 1.07. The molecule has 1 aliphatic carbocycles. The summed E-state index contributed by atoms with van der Waals surface area (Å²) in [6.45, 7) is 6.51. The number of hydrogen-bond acceptors (Lipinski definition) is 4. The second-order valence-electron chi connectivity index (χ2n) is 6.02. The van der Waals surface area contributed by atoms with Gasteiger partial charge in [-0.25, -0.2) is 4.98 Å². The highest BCUT2D eigenvalue weighted by Gasteiger charge is 2.17. The lowest BCUT2D eigenvalue weighted by molar-refractivity contribution is 0.241. The number of thiazole rings is 1. The fraction of sp³-hybridized carbons (Fsp3) is 0.750. The maximum Gasteiger partial charge on any atom is 0.194 e. The number of guanidine groups is 1. The zero-order valence-corrected chi connectivity index (χ0v) is 14.7. The molecule has 124 valence electrons. The largest absolute Gasteiger partial charge is 0.396 e. The summed E-state index contributed by atoms with van der Waals surface area (Å²) in [7, 11) is 2.05. The van der Waals surface area contributed by atoms with Crippen molar-refractivity contribution in [1.82, 2.24) is 15.2 Å². The normalized spacial score (nSPS) is 16.3. The second-order valence-corrected chi connectivity index (χ2v) is 7.19. The van der Waals surface area contributed by atoms with Crippen molar-refractivity contribution < 1.29 is 5.11 Å². The standard InChI is InChI=1S/C16H28N4OS/c1-4-17-16(18-9-12(2)11-21)20(3)10-15-19-13-7-5-6-8-14(13)22-15/h12,21H,4-11H2,1-3H3,(H,17,18). The Hall–Kier alpha value is -1.14. The number of rotatable bonds is 6. The Kier molecular flexibility index (Phi) is 6.64. The number of aliphatic imine (C=N–C) groups is 1. The predicted molar refractivity (Wildman–Crippen MR) is 92.5 cm³/mol. The van der Waals surface area contributed by atoms with E-state index in [0.717, 1.165) is 25.5 Å². The topological polar surface area (TPSA) is 60.8 Å². The van der Waals surface area contributed by atoms with E-state index in [2.05, 4.69) is 22.1 Å². The van der Waals surface area contributed by atoms with E-state index >= 15 is 0 Å². The highest BCUT2D eigenvalue weighted by molar-refractivity contribution is 7.11. The van der Waals surface area contributed by atoms with Crippen LogP contribution in [0.25, 0.3) is 0 Å². The van der Waals surface area contributed by atoms with E-state index in [0.29, 0.717) is 6.54 Å². The number of hydrogen-bond donors (Lipinski definition) is 2. The molecule has 1 aromatic heterocycles. The van der Waals surface area contributed by atoms with E-state index in [4.69, 9.17) is 10.1 Å². The molecular weight excluding hydrogens is 296 g/mol. The number of aliphatic hydroxyl groups excluding tert-OH is 1. The van der Waals surface area contributed by atoms with Gasteiger partial charge in [0.15, 0.2) is 5.96 Å². The van der Waals surface area contributed by atoms with Gasteiger partial charge in [-0.05, 0) is 38.5 Å². The molecule has 1 atom stereocenters. The average Bonchev–Trinajstić information content (AvgIpc) is 2.92. The van der Waals surface area contributed by atoms with Crippen LogP contribution in [0.15, 0.2) is 4.99 Å². The first-order valence-electron chi connectivity index (χ1n) is 8.21. The van der Waals surface area contributed by atoms with Crippen molar-refractivity contribution in [1.29, 1.82) is 0 Å². The number of aryl methyl sites for hydroxylation is 2. The molecule has 0 fully saturated rings. The minimum atomic E-state index is 0.172. The molecule has 0 bridgehead atoms. The third-order valence-electron chi connectivity index (χ3n) is 3.82. The lowest BCUT2D eigenvalue weighted by Crippen LogP contribution is -2.38. The Labute approximate surface area is 137 Å². The Balaban J connectivity index is 2.00. The summed E-state index contributed by atoms with van der Waals surface area (Å²) in [6, 6.07) is 0. The molecule has 1 unspecified atom stereocenters. The zero-order valence-electron chi connectivity index (χ0n) is 13.9. The third-order valence-corrected chi connectivity index (χ3v) is 4.97. The van der Waals surface area contributed by atoms with Crippen molar-refractivity contribution >= 4 is 17.3 Å². The highest BCUT2D eigenvalue weighted by atomic mass is 32.1. The first-order valence-corrected chi connectivity index (χ1v) is 9.03. The lowest BCUT2D eigenvalue weighted by Gasteiger charge is -2.21. The van der Waals surface area contributed by atoms with Crippen LogP contribution in [0.3, 0.4) is 0 Å². The van der Waals surface area contributed by atoms with Crippen molar-refractivity contribution in [2.24, 2.45) is 10.9 Å². The van der Waals surface area contributed by atoms with E-state index in [1.165, 1.54) is 34.8 Å². The van der Waals surface area contributed by atoms with Gasteiger partial charge in [0.05, 0.1) is 12.2 Å². The number of aromatic nitrogens is 1. The Morgan fingerprint density at radius 3 is 2.91 bits per heavy atom. The zero-order chi connectivity index (χ0) is 15.9.